The Morgan fingerprint density at radius 3 is 1.40 bits per heavy atom. The van der Waals surface area contributed by atoms with Gasteiger partial charge in [0.05, 0.1) is 0 Å². The Labute approximate surface area is 271 Å². The number of anilines is 2. The predicted molar refractivity (Wildman–Crippen MR) is 190 cm³/mol. The van der Waals surface area contributed by atoms with Gasteiger partial charge in [-0.15, -0.1) is 0 Å². The Morgan fingerprint density at radius 1 is 0.600 bits per heavy atom. The SMILES string of the molecule is CCCCCCCC1CCC(c2cc(C)c(Oc3ccc(N)cc3)c(C)c2)(c2cc(C)c(Oc3ccc(N)cc3)c(C)c2)CC1. The van der Waals surface area contributed by atoms with Crippen molar-refractivity contribution in [1.29, 1.82) is 0 Å². The van der Waals surface area contributed by atoms with E-state index >= 15 is 0 Å². The Balaban J connectivity index is 1.47. The lowest BCUT2D eigenvalue weighted by Crippen LogP contribution is -2.33. The van der Waals surface area contributed by atoms with Crippen LogP contribution in [0.3, 0.4) is 0 Å². The molecule has 0 atom stereocenters. The molecule has 0 saturated heterocycles. The number of unbranched alkanes of at least 4 members (excludes halogenated alkanes) is 4. The molecule has 0 amide bonds. The van der Waals surface area contributed by atoms with Crippen molar-refractivity contribution >= 4 is 11.4 Å². The van der Waals surface area contributed by atoms with Crippen LogP contribution in [0.4, 0.5) is 11.4 Å². The second-order valence-electron chi connectivity index (χ2n) is 13.4. The fourth-order valence-corrected chi connectivity index (χ4v) is 7.32. The van der Waals surface area contributed by atoms with E-state index in [4.69, 9.17) is 20.9 Å². The van der Waals surface area contributed by atoms with Gasteiger partial charge in [-0.3, -0.25) is 0 Å². The fraction of sp³-hybridized carbons (Fsp3) is 0.415. The number of nitrogen functional groups attached to an aromatic ring is 2. The quantitative estimate of drug-likeness (QED) is 0.125. The lowest BCUT2D eigenvalue weighted by atomic mass is 9.62. The second kappa shape index (κ2) is 14.5. The van der Waals surface area contributed by atoms with Crippen LogP contribution in [-0.4, -0.2) is 0 Å². The maximum atomic E-state index is 6.40. The average molecular weight is 605 g/mol. The molecule has 238 valence electrons. The molecule has 0 heterocycles. The highest BCUT2D eigenvalue weighted by Crippen LogP contribution is 2.50. The molecular weight excluding hydrogens is 552 g/mol. The maximum Gasteiger partial charge on any atom is 0.133 e. The topological polar surface area (TPSA) is 70.5 Å². The predicted octanol–water partition coefficient (Wildman–Crippen LogP) is 11.5. The van der Waals surface area contributed by atoms with E-state index in [-0.39, 0.29) is 5.41 Å². The minimum atomic E-state index is -0.0524. The highest BCUT2D eigenvalue weighted by molar-refractivity contribution is 5.55. The molecule has 0 aliphatic heterocycles. The summed E-state index contributed by atoms with van der Waals surface area (Å²) < 4.78 is 12.8. The van der Waals surface area contributed by atoms with E-state index in [0.29, 0.717) is 0 Å². The van der Waals surface area contributed by atoms with Gasteiger partial charge in [0.25, 0.3) is 0 Å². The van der Waals surface area contributed by atoms with E-state index in [2.05, 4.69) is 58.9 Å². The van der Waals surface area contributed by atoms with Gasteiger partial charge in [-0.2, -0.15) is 0 Å². The van der Waals surface area contributed by atoms with Gasteiger partial charge < -0.3 is 20.9 Å². The van der Waals surface area contributed by atoms with Crippen LogP contribution in [0.5, 0.6) is 23.0 Å². The minimum Gasteiger partial charge on any atom is -0.457 e. The Morgan fingerprint density at radius 2 is 1.00 bits per heavy atom. The maximum absolute atomic E-state index is 6.40. The first kappa shape index (κ1) is 32.5. The molecule has 0 spiro atoms. The smallest absolute Gasteiger partial charge is 0.133 e. The molecule has 1 aliphatic rings. The number of nitrogens with two attached hydrogens (primary N) is 2. The molecule has 4 aromatic rings. The van der Waals surface area contributed by atoms with Crippen molar-refractivity contribution in [2.24, 2.45) is 5.92 Å². The van der Waals surface area contributed by atoms with Crippen molar-refractivity contribution in [2.75, 3.05) is 11.5 Å². The zero-order chi connectivity index (χ0) is 32.0. The normalized spacial score (nSPS) is 14.8. The van der Waals surface area contributed by atoms with Crippen LogP contribution >= 0.6 is 0 Å². The molecule has 4 heteroatoms. The summed E-state index contributed by atoms with van der Waals surface area (Å²) >= 11 is 0. The second-order valence-corrected chi connectivity index (χ2v) is 13.4. The van der Waals surface area contributed by atoms with Gasteiger partial charge in [-0.05, 0) is 141 Å². The summed E-state index contributed by atoms with van der Waals surface area (Å²) in [6.07, 6.45) is 13.0. The van der Waals surface area contributed by atoms with E-state index in [9.17, 15) is 0 Å². The molecule has 4 nitrogen and oxygen atoms in total. The minimum absolute atomic E-state index is 0.0524. The monoisotopic (exact) mass is 604 g/mol. The van der Waals surface area contributed by atoms with Crippen LogP contribution < -0.4 is 20.9 Å². The lowest BCUT2D eigenvalue weighted by Gasteiger charge is -2.42. The third-order valence-electron chi connectivity index (χ3n) is 9.90. The van der Waals surface area contributed by atoms with Crippen LogP contribution in [0.25, 0.3) is 0 Å². The van der Waals surface area contributed by atoms with Crippen LogP contribution in [0, 0.1) is 33.6 Å². The molecule has 0 bridgehead atoms. The van der Waals surface area contributed by atoms with E-state index < -0.39 is 0 Å². The largest absolute Gasteiger partial charge is 0.457 e. The fourth-order valence-electron chi connectivity index (χ4n) is 7.32. The lowest BCUT2D eigenvalue weighted by molar-refractivity contribution is 0.249. The molecule has 0 unspecified atom stereocenters. The zero-order valence-electron chi connectivity index (χ0n) is 28.0. The van der Waals surface area contributed by atoms with E-state index in [1.54, 1.807) is 0 Å². The molecule has 0 aromatic heterocycles. The molecule has 4 N–H and O–H groups in total. The standard InChI is InChI=1S/C41H52N2O2/c1-6-7-8-9-10-11-32-20-22-41(23-21-32,33-24-28(2)39(29(3)25-33)44-37-16-12-35(42)13-17-37)34-26-30(4)40(31(5)27-34)45-38-18-14-36(43)15-19-38/h12-19,24-27,32H,6-11,20-23,42-43H2,1-5H3. The highest BCUT2D eigenvalue weighted by Gasteiger charge is 2.39. The molecular formula is C41H52N2O2. The Hall–Kier alpha value is -3.92. The van der Waals surface area contributed by atoms with Gasteiger partial charge in [0.15, 0.2) is 0 Å². The van der Waals surface area contributed by atoms with Gasteiger partial charge in [0.1, 0.15) is 23.0 Å². The first-order valence-corrected chi connectivity index (χ1v) is 17.0. The van der Waals surface area contributed by atoms with Crippen LogP contribution in [0.1, 0.15) is 105 Å². The van der Waals surface area contributed by atoms with Gasteiger partial charge >= 0.3 is 0 Å². The summed E-state index contributed by atoms with van der Waals surface area (Å²) in [6, 6.07) is 24.8. The number of rotatable bonds is 12. The molecule has 4 aromatic carbocycles. The van der Waals surface area contributed by atoms with Gasteiger partial charge in [0, 0.05) is 16.8 Å². The van der Waals surface area contributed by atoms with Crippen molar-refractivity contribution in [3.8, 4) is 23.0 Å². The molecule has 1 aliphatic carbocycles. The average Bonchev–Trinajstić information content (AvgIpc) is 3.02. The molecule has 45 heavy (non-hydrogen) atoms. The number of benzene rings is 4. The third-order valence-corrected chi connectivity index (χ3v) is 9.90. The van der Waals surface area contributed by atoms with E-state index in [1.165, 1.54) is 62.5 Å². The van der Waals surface area contributed by atoms with Crippen molar-refractivity contribution in [3.63, 3.8) is 0 Å². The number of hydrogen-bond donors (Lipinski definition) is 2. The van der Waals surface area contributed by atoms with Crippen LogP contribution in [0.15, 0.2) is 72.8 Å². The van der Waals surface area contributed by atoms with E-state index in [0.717, 1.165) is 75.4 Å². The summed E-state index contributed by atoms with van der Waals surface area (Å²) in [5, 5.41) is 0. The Bertz CT molecular complexity index is 1410. The highest BCUT2D eigenvalue weighted by atomic mass is 16.5. The summed E-state index contributed by atoms with van der Waals surface area (Å²) in [5.74, 6) is 4.28. The number of hydrogen-bond acceptors (Lipinski definition) is 4. The summed E-state index contributed by atoms with van der Waals surface area (Å²) in [7, 11) is 0. The van der Waals surface area contributed by atoms with Crippen molar-refractivity contribution < 1.29 is 9.47 Å². The first-order chi connectivity index (χ1) is 21.7. The number of aryl methyl sites for hydroxylation is 4. The van der Waals surface area contributed by atoms with Crippen LogP contribution in [-0.2, 0) is 5.41 Å². The van der Waals surface area contributed by atoms with Crippen molar-refractivity contribution in [3.05, 3.63) is 106 Å². The molecule has 0 radical (unpaired) electrons. The summed E-state index contributed by atoms with van der Waals surface area (Å²) in [6.45, 7) is 11.0. The van der Waals surface area contributed by atoms with Gasteiger partial charge in [-0.1, -0.05) is 69.7 Å². The zero-order valence-corrected chi connectivity index (χ0v) is 28.0. The summed E-state index contributed by atoms with van der Waals surface area (Å²) in [4.78, 5) is 0. The van der Waals surface area contributed by atoms with Gasteiger partial charge in [-0.25, -0.2) is 0 Å². The van der Waals surface area contributed by atoms with Crippen molar-refractivity contribution in [1.82, 2.24) is 0 Å². The Kier molecular flexibility index (Phi) is 10.4. The van der Waals surface area contributed by atoms with Crippen LogP contribution in [0.2, 0.25) is 0 Å². The molecule has 1 fully saturated rings. The first-order valence-electron chi connectivity index (χ1n) is 17.0. The number of ether oxygens (including phenoxy) is 2. The molecule has 1 saturated carbocycles. The van der Waals surface area contributed by atoms with E-state index in [1.807, 2.05) is 48.5 Å². The molecule has 5 rings (SSSR count). The van der Waals surface area contributed by atoms with Gasteiger partial charge in [0.2, 0.25) is 0 Å². The summed E-state index contributed by atoms with van der Waals surface area (Å²) in [5.41, 5.74) is 20.7. The van der Waals surface area contributed by atoms with Crippen molar-refractivity contribution in [2.45, 2.75) is 104 Å². The third kappa shape index (κ3) is 7.66.